The molecule has 2 aromatic heterocycles. The molecule has 0 radical (unpaired) electrons. The summed E-state index contributed by atoms with van der Waals surface area (Å²) in [4.78, 5) is 33.6. The van der Waals surface area contributed by atoms with Gasteiger partial charge < -0.3 is 0 Å². The highest BCUT2D eigenvalue weighted by Crippen LogP contribution is 2.42. The van der Waals surface area contributed by atoms with Gasteiger partial charge in [-0.25, -0.2) is 14.4 Å². The molecular formula is C27H28Br2F2N4O2. The lowest BCUT2D eigenvalue weighted by Crippen LogP contribution is -2.22. The van der Waals surface area contributed by atoms with Crippen LogP contribution in [0.2, 0.25) is 0 Å². The lowest BCUT2D eigenvalue weighted by atomic mass is 9.90. The number of aromatic nitrogens is 4. The summed E-state index contributed by atoms with van der Waals surface area (Å²) in [6.07, 6.45) is -0.335. The molecule has 0 amide bonds. The van der Waals surface area contributed by atoms with Crippen molar-refractivity contribution >= 4 is 53.7 Å². The van der Waals surface area contributed by atoms with Crippen molar-refractivity contribution in [2.24, 2.45) is 10.8 Å². The summed E-state index contributed by atoms with van der Waals surface area (Å²) >= 11 is 6.74. The Balaban J connectivity index is 0.000000161. The highest BCUT2D eigenvalue weighted by molar-refractivity contribution is 9.10. The predicted molar refractivity (Wildman–Crippen MR) is 150 cm³/mol. The van der Waals surface area contributed by atoms with E-state index >= 15 is 0 Å². The number of rotatable bonds is 0. The van der Waals surface area contributed by atoms with Gasteiger partial charge in [-0.1, -0.05) is 59.6 Å². The van der Waals surface area contributed by atoms with Crippen LogP contribution >= 0.6 is 31.9 Å². The van der Waals surface area contributed by atoms with Crippen LogP contribution in [-0.4, -0.2) is 26.3 Å². The molecule has 6 rings (SSSR count). The molecule has 4 heterocycles. The molecule has 0 spiro atoms. The molecule has 0 fully saturated rings. The average molecular weight is 639 g/mol. The number of nitrogens with zero attached hydrogens (tertiary/aromatic N) is 4. The maximum Gasteiger partial charge on any atom is 0.261 e. The zero-order chi connectivity index (χ0) is 28.0. The second kappa shape index (κ2) is 10.0. The SMILES string of the molecule is CC1(C)Cc2nc3cc(Br)ccc3c(=O)n2C1.CC1(C)Cn2c(nc3cc(Br)ccc3c2=O)C1F.[2H]CF. The Morgan fingerprint density at radius 3 is 2.00 bits per heavy atom. The van der Waals surface area contributed by atoms with Gasteiger partial charge >= 0.3 is 0 Å². The molecule has 0 saturated heterocycles. The number of benzene rings is 2. The number of hydrogen-bond acceptors (Lipinski definition) is 4. The Morgan fingerprint density at radius 2 is 1.43 bits per heavy atom. The van der Waals surface area contributed by atoms with Crippen LogP contribution in [0, 0.1) is 10.8 Å². The third-order valence-electron chi connectivity index (χ3n) is 6.64. The van der Waals surface area contributed by atoms with Crippen molar-refractivity contribution in [3.05, 3.63) is 77.7 Å². The topological polar surface area (TPSA) is 69.8 Å². The van der Waals surface area contributed by atoms with E-state index in [0.29, 0.717) is 22.8 Å². The van der Waals surface area contributed by atoms with Crippen LogP contribution in [0.5, 0.6) is 0 Å². The average Bonchev–Trinajstić information content (AvgIpc) is 3.26. The molecule has 37 heavy (non-hydrogen) atoms. The molecule has 0 N–H and O–H groups in total. The van der Waals surface area contributed by atoms with Gasteiger partial charge in [-0.05, 0) is 41.8 Å². The quantitative estimate of drug-likeness (QED) is 0.219. The van der Waals surface area contributed by atoms with Gasteiger partial charge in [0.2, 0.25) is 0 Å². The first kappa shape index (κ1) is 26.2. The molecule has 196 valence electrons. The molecule has 2 aliphatic rings. The fraction of sp³-hybridized carbons (Fsp3) is 0.407. The summed E-state index contributed by atoms with van der Waals surface area (Å²) in [5, 5.41) is 1.24. The molecule has 1 atom stereocenters. The number of fused-ring (bicyclic) bond motifs is 4. The second-order valence-corrected chi connectivity index (χ2v) is 12.6. The minimum Gasteiger partial charge on any atom is -0.296 e. The fourth-order valence-corrected chi connectivity index (χ4v) is 5.54. The van der Waals surface area contributed by atoms with Gasteiger partial charge in [-0.3, -0.25) is 23.1 Å². The van der Waals surface area contributed by atoms with E-state index in [1.54, 1.807) is 18.2 Å². The normalized spacial score (nSPS) is 18.8. The van der Waals surface area contributed by atoms with Crippen LogP contribution in [0.3, 0.4) is 0 Å². The minimum absolute atomic E-state index is 0.0862. The van der Waals surface area contributed by atoms with E-state index in [1.165, 1.54) is 4.57 Å². The van der Waals surface area contributed by atoms with E-state index in [9.17, 15) is 18.4 Å². The third kappa shape index (κ3) is 5.14. The van der Waals surface area contributed by atoms with Gasteiger partial charge in [0.15, 0.2) is 6.17 Å². The second-order valence-electron chi connectivity index (χ2n) is 10.8. The Labute approximate surface area is 231 Å². The van der Waals surface area contributed by atoms with Crippen LogP contribution in [0.1, 0.15) is 46.9 Å². The van der Waals surface area contributed by atoms with Crippen molar-refractivity contribution in [2.75, 3.05) is 7.15 Å². The maximum absolute atomic E-state index is 14.3. The summed E-state index contributed by atoms with van der Waals surface area (Å²) in [6, 6.07) is 10.9. The van der Waals surface area contributed by atoms with Crippen LogP contribution in [-0.2, 0) is 19.5 Å². The van der Waals surface area contributed by atoms with Crippen LogP contribution < -0.4 is 11.1 Å². The van der Waals surface area contributed by atoms with Crippen molar-refractivity contribution < 1.29 is 10.2 Å². The van der Waals surface area contributed by atoms with Crippen LogP contribution in [0.15, 0.2) is 54.9 Å². The lowest BCUT2D eigenvalue weighted by molar-refractivity contribution is 0.160. The molecule has 6 nitrogen and oxygen atoms in total. The van der Waals surface area contributed by atoms with Crippen molar-refractivity contribution in [3.63, 3.8) is 0 Å². The highest BCUT2D eigenvalue weighted by Gasteiger charge is 2.41. The van der Waals surface area contributed by atoms with E-state index in [2.05, 4.69) is 55.7 Å². The standard InChI is InChI=1S/C13H12BrFN2O.C13H13BrN2O.CH3F/c1-13(2)6-17-11(10(13)15)16-9-5-7(14)3-4-8(9)12(17)18;1-13(2)6-11-15-10-5-8(14)3-4-9(10)12(17)16(11)7-13;1-2/h3-5,10H,6H2,1-2H3;3-5H,6-7H2,1-2H3;1H3/i;;1D. The molecule has 2 aliphatic heterocycles. The maximum atomic E-state index is 14.3. The molecule has 0 bridgehead atoms. The van der Waals surface area contributed by atoms with Crippen molar-refractivity contribution in [1.82, 2.24) is 19.1 Å². The van der Waals surface area contributed by atoms with E-state index in [1.807, 2.05) is 36.6 Å². The van der Waals surface area contributed by atoms with Gasteiger partial charge in [0.05, 0.1) is 30.3 Å². The van der Waals surface area contributed by atoms with Gasteiger partial charge in [0.1, 0.15) is 11.6 Å². The summed E-state index contributed by atoms with van der Waals surface area (Å²) < 4.78 is 34.8. The van der Waals surface area contributed by atoms with E-state index in [-0.39, 0.29) is 22.4 Å². The van der Waals surface area contributed by atoms with Crippen molar-refractivity contribution in [2.45, 2.75) is 53.4 Å². The first-order valence-corrected chi connectivity index (χ1v) is 13.2. The molecular weight excluding hydrogens is 610 g/mol. The van der Waals surface area contributed by atoms with Gasteiger partial charge in [-0.2, -0.15) is 0 Å². The van der Waals surface area contributed by atoms with E-state index in [0.717, 1.165) is 33.3 Å². The Morgan fingerprint density at radius 1 is 0.919 bits per heavy atom. The molecule has 0 aliphatic carbocycles. The molecule has 1 unspecified atom stereocenters. The first-order valence-electron chi connectivity index (χ1n) is 12.4. The van der Waals surface area contributed by atoms with Crippen LogP contribution in [0.4, 0.5) is 8.78 Å². The summed E-state index contributed by atoms with van der Waals surface area (Å²) in [5.74, 6) is 1.15. The fourth-order valence-electron chi connectivity index (χ4n) is 4.84. The monoisotopic (exact) mass is 637 g/mol. The zero-order valence-corrected chi connectivity index (χ0v) is 24.2. The summed E-state index contributed by atoms with van der Waals surface area (Å²) in [6.45, 7) is 9.10. The summed E-state index contributed by atoms with van der Waals surface area (Å²) in [7, 11) is -1.00. The highest BCUT2D eigenvalue weighted by atomic mass is 79.9. The molecule has 0 saturated carbocycles. The Hall–Kier alpha value is -2.46. The zero-order valence-electron chi connectivity index (χ0n) is 22.0. The first-order chi connectivity index (χ1) is 17.8. The van der Waals surface area contributed by atoms with Crippen molar-refractivity contribution in [3.8, 4) is 0 Å². The van der Waals surface area contributed by atoms with Crippen molar-refractivity contribution in [1.29, 1.82) is 0 Å². The van der Waals surface area contributed by atoms with Gasteiger partial charge in [-0.15, -0.1) is 0 Å². The van der Waals surface area contributed by atoms with Gasteiger partial charge in [0, 0.05) is 33.9 Å². The Kier molecular flexibility index (Phi) is 7.08. The molecule has 2 aromatic carbocycles. The Bertz CT molecular complexity index is 1650. The smallest absolute Gasteiger partial charge is 0.261 e. The lowest BCUT2D eigenvalue weighted by Gasteiger charge is -2.17. The predicted octanol–water partition coefficient (Wildman–Crippen LogP) is 6.54. The summed E-state index contributed by atoms with van der Waals surface area (Å²) in [5.41, 5.74) is 0.815. The van der Waals surface area contributed by atoms with E-state index in [4.69, 9.17) is 1.37 Å². The van der Waals surface area contributed by atoms with E-state index < -0.39 is 18.7 Å². The van der Waals surface area contributed by atoms with Gasteiger partial charge in [0.25, 0.3) is 11.1 Å². The largest absolute Gasteiger partial charge is 0.296 e. The minimum atomic E-state index is -1.20. The number of hydrogen-bond donors (Lipinski definition) is 0. The number of alkyl halides is 2. The van der Waals surface area contributed by atoms with Crippen LogP contribution in [0.25, 0.3) is 21.8 Å². The third-order valence-corrected chi connectivity index (χ3v) is 7.63. The molecule has 4 aromatic rings. The molecule has 10 heteroatoms. The number of halogens is 4.